The minimum atomic E-state index is -4.72. The maximum atomic E-state index is 12.1. The maximum absolute atomic E-state index is 12.1. The smallest absolute Gasteiger partial charge is 0.406 e. The number of carbonyl (C=O) groups excluding carboxylic acids is 1. The summed E-state index contributed by atoms with van der Waals surface area (Å²) in [6, 6.07) is 9.02. The number of ether oxygens (including phenoxy) is 1. The summed E-state index contributed by atoms with van der Waals surface area (Å²) in [5.41, 5.74) is 0.424. The lowest BCUT2D eigenvalue weighted by Crippen LogP contribution is -3.08. The molecule has 1 unspecified atom stereocenters. The number of nitrogens with one attached hydrogen (secondary N) is 2. The highest BCUT2D eigenvalue weighted by molar-refractivity contribution is 7.09. The Morgan fingerprint density at radius 3 is 2.52 bits per heavy atom. The number of hydrogen-bond donors (Lipinski definition) is 2. The van der Waals surface area contributed by atoms with Crippen LogP contribution in [0.4, 0.5) is 18.9 Å². The number of hydrogen-bond acceptors (Lipinski definition) is 3. The number of halogens is 3. The second kappa shape index (κ2) is 7.47. The summed E-state index contributed by atoms with van der Waals surface area (Å²) in [6.07, 6.45) is -4.72. The Bertz CT molecular complexity index is 627. The van der Waals surface area contributed by atoms with Crippen LogP contribution in [-0.2, 0) is 11.3 Å². The molecule has 2 N–H and O–H groups in total. The molecule has 1 amide bonds. The van der Waals surface area contributed by atoms with E-state index in [9.17, 15) is 18.0 Å². The van der Waals surface area contributed by atoms with Gasteiger partial charge in [0, 0.05) is 5.69 Å². The molecule has 124 valence electrons. The van der Waals surface area contributed by atoms with Crippen molar-refractivity contribution >= 4 is 22.9 Å². The Hall–Kier alpha value is -2.06. The highest BCUT2D eigenvalue weighted by Crippen LogP contribution is 2.23. The molecule has 2 aromatic rings. The van der Waals surface area contributed by atoms with E-state index in [1.165, 1.54) is 17.0 Å². The monoisotopic (exact) mass is 345 g/mol. The van der Waals surface area contributed by atoms with Crippen LogP contribution in [0.25, 0.3) is 0 Å². The van der Waals surface area contributed by atoms with E-state index in [2.05, 4.69) is 10.1 Å². The van der Waals surface area contributed by atoms with E-state index in [1.54, 1.807) is 11.3 Å². The van der Waals surface area contributed by atoms with Crippen LogP contribution < -0.4 is 15.0 Å². The number of likely N-dealkylation sites (N-methyl/N-ethyl adjacent to an activating group) is 1. The summed E-state index contributed by atoms with van der Waals surface area (Å²) in [5.74, 6) is -0.528. The van der Waals surface area contributed by atoms with E-state index in [0.717, 1.165) is 23.6 Å². The van der Waals surface area contributed by atoms with E-state index in [1.807, 2.05) is 24.6 Å². The van der Waals surface area contributed by atoms with Gasteiger partial charge in [-0.3, -0.25) is 4.79 Å². The Labute approximate surface area is 135 Å². The molecule has 0 aliphatic rings. The van der Waals surface area contributed by atoms with Crippen molar-refractivity contribution in [1.29, 1.82) is 0 Å². The molecule has 4 nitrogen and oxygen atoms in total. The zero-order valence-corrected chi connectivity index (χ0v) is 13.1. The van der Waals surface area contributed by atoms with Crippen molar-refractivity contribution in [2.45, 2.75) is 12.9 Å². The van der Waals surface area contributed by atoms with E-state index >= 15 is 0 Å². The van der Waals surface area contributed by atoms with Gasteiger partial charge in [-0.25, -0.2) is 0 Å². The van der Waals surface area contributed by atoms with Crippen molar-refractivity contribution in [3.8, 4) is 5.75 Å². The fourth-order valence-electron chi connectivity index (χ4n) is 1.99. The quantitative estimate of drug-likeness (QED) is 0.844. The molecule has 1 aromatic carbocycles. The van der Waals surface area contributed by atoms with Crippen molar-refractivity contribution in [2.24, 2.45) is 0 Å². The van der Waals surface area contributed by atoms with Gasteiger partial charge in [0.25, 0.3) is 5.91 Å². The van der Waals surface area contributed by atoms with Crippen molar-refractivity contribution in [3.05, 3.63) is 46.7 Å². The number of quaternary nitrogens is 1. The average molecular weight is 345 g/mol. The van der Waals surface area contributed by atoms with Gasteiger partial charge in [0.05, 0.1) is 11.9 Å². The highest BCUT2D eigenvalue weighted by Gasteiger charge is 2.30. The zero-order valence-electron chi connectivity index (χ0n) is 12.3. The second-order valence-corrected chi connectivity index (χ2v) is 6.04. The minimum Gasteiger partial charge on any atom is -0.406 e. The number of amides is 1. The molecule has 0 spiro atoms. The van der Waals surface area contributed by atoms with Crippen LogP contribution in [0, 0.1) is 0 Å². The second-order valence-electron chi connectivity index (χ2n) is 5.01. The molecule has 0 aliphatic carbocycles. The number of anilines is 1. The summed E-state index contributed by atoms with van der Waals surface area (Å²) < 4.78 is 39.9. The van der Waals surface area contributed by atoms with Crippen LogP contribution in [0.1, 0.15) is 4.88 Å². The summed E-state index contributed by atoms with van der Waals surface area (Å²) in [6.45, 7) is 1.00. The Balaban J connectivity index is 1.82. The summed E-state index contributed by atoms with van der Waals surface area (Å²) in [4.78, 5) is 14.1. The van der Waals surface area contributed by atoms with Crippen LogP contribution >= 0.6 is 11.3 Å². The first-order valence-electron chi connectivity index (χ1n) is 6.81. The van der Waals surface area contributed by atoms with Crippen molar-refractivity contribution in [2.75, 3.05) is 18.9 Å². The molecule has 8 heteroatoms. The van der Waals surface area contributed by atoms with Crippen LogP contribution in [-0.4, -0.2) is 25.9 Å². The number of benzene rings is 1. The van der Waals surface area contributed by atoms with Gasteiger partial charge in [-0.1, -0.05) is 6.07 Å². The summed E-state index contributed by atoms with van der Waals surface area (Å²) in [5, 5.41) is 4.63. The molecule has 1 aromatic heterocycles. The fourth-order valence-corrected chi connectivity index (χ4v) is 2.81. The Kier molecular flexibility index (Phi) is 5.62. The van der Waals surface area contributed by atoms with Crippen LogP contribution in [0.15, 0.2) is 41.8 Å². The number of rotatable bonds is 6. The Morgan fingerprint density at radius 1 is 1.26 bits per heavy atom. The van der Waals surface area contributed by atoms with Gasteiger partial charge < -0.3 is 15.0 Å². The third-order valence-electron chi connectivity index (χ3n) is 2.89. The van der Waals surface area contributed by atoms with Gasteiger partial charge >= 0.3 is 6.36 Å². The van der Waals surface area contributed by atoms with Crippen molar-refractivity contribution in [3.63, 3.8) is 0 Å². The largest absolute Gasteiger partial charge is 0.573 e. The van der Waals surface area contributed by atoms with E-state index in [0.29, 0.717) is 5.69 Å². The van der Waals surface area contributed by atoms with Gasteiger partial charge in [-0.15, -0.1) is 24.5 Å². The molecular weight excluding hydrogens is 329 g/mol. The summed E-state index contributed by atoms with van der Waals surface area (Å²) >= 11 is 1.63. The molecular formula is C15H16F3N2O2S+. The van der Waals surface area contributed by atoms with E-state index < -0.39 is 6.36 Å². The first-order valence-corrected chi connectivity index (χ1v) is 7.69. The predicted molar refractivity (Wildman–Crippen MR) is 81.5 cm³/mol. The van der Waals surface area contributed by atoms with Crippen LogP contribution in [0.5, 0.6) is 5.75 Å². The van der Waals surface area contributed by atoms with E-state index in [4.69, 9.17) is 0 Å². The van der Waals surface area contributed by atoms with Gasteiger partial charge in [0.15, 0.2) is 6.54 Å². The minimum absolute atomic E-state index is 0.205. The molecule has 0 saturated heterocycles. The highest BCUT2D eigenvalue weighted by atomic mass is 32.1. The topological polar surface area (TPSA) is 42.8 Å². The van der Waals surface area contributed by atoms with Crippen LogP contribution in [0.3, 0.4) is 0 Å². The van der Waals surface area contributed by atoms with Gasteiger partial charge in [0.1, 0.15) is 12.3 Å². The number of thiophene rings is 1. The standard InChI is InChI=1S/C15H15F3N2O2S/c1-20(9-13-3-2-8-23-13)10-14(21)19-11-4-6-12(7-5-11)22-15(16,17)18/h2-8H,9-10H2,1H3,(H,19,21)/p+1. The van der Waals surface area contributed by atoms with Crippen LogP contribution in [0.2, 0.25) is 0 Å². The molecule has 0 fully saturated rings. The molecule has 0 aliphatic heterocycles. The molecule has 1 atom stereocenters. The molecule has 2 rings (SSSR count). The SMILES string of the molecule is C[NH+](CC(=O)Nc1ccc(OC(F)(F)F)cc1)Cc1cccs1. The van der Waals surface area contributed by atoms with Gasteiger partial charge in [-0.2, -0.15) is 0 Å². The zero-order chi connectivity index (χ0) is 16.9. The number of carbonyl (C=O) groups is 1. The molecule has 0 saturated carbocycles. The van der Waals surface area contributed by atoms with Crippen molar-refractivity contribution < 1.29 is 27.6 Å². The third kappa shape index (κ3) is 6.29. The van der Waals surface area contributed by atoms with Gasteiger partial charge in [0.2, 0.25) is 0 Å². The lowest BCUT2D eigenvalue weighted by molar-refractivity contribution is -0.884. The number of alkyl halides is 3. The molecule has 1 heterocycles. The average Bonchev–Trinajstić information content (AvgIpc) is 2.91. The van der Waals surface area contributed by atoms with Crippen molar-refractivity contribution in [1.82, 2.24) is 0 Å². The maximum Gasteiger partial charge on any atom is 0.573 e. The first-order chi connectivity index (χ1) is 10.8. The normalized spacial score (nSPS) is 12.7. The summed E-state index contributed by atoms with van der Waals surface area (Å²) in [7, 11) is 1.90. The molecule has 0 radical (unpaired) electrons. The van der Waals surface area contributed by atoms with Gasteiger partial charge in [-0.05, 0) is 35.7 Å². The third-order valence-corrected chi connectivity index (χ3v) is 3.77. The first kappa shape index (κ1) is 17.3. The lowest BCUT2D eigenvalue weighted by atomic mass is 10.3. The van der Waals surface area contributed by atoms with E-state index in [-0.39, 0.29) is 18.2 Å². The predicted octanol–water partition coefficient (Wildman–Crippen LogP) is 2.30. The Morgan fingerprint density at radius 2 is 1.96 bits per heavy atom. The fraction of sp³-hybridized carbons (Fsp3) is 0.267. The molecule has 23 heavy (non-hydrogen) atoms. The molecule has 0 bridgehead atoms. The lowest BCUT2D eigenvalue weighted by Gasteiger charge is -2.13.